The average molecular weight is 803 g/mol. The molecule has 3 aromatic rings. The van der Waals surface area contributed by atoms with Crippen LogP contribution in [0.1, 0.15) is 70.1 Å². The molecule has 0 aromatic heterocycles. The number of piperazine rings is 1. The van der Waals surface area contributed by atoms with Crippen molar-refractivity contribution < 1.29 is 24.0 Å². The molecule has 1 N–H and O–H groups in total. The number of anilines is 3. The number of amides is 5. The lowest BCUT2D eigenvalue weighted by Gasteiger charge is -2.52. The molecular formula is C44H47ClN8O5. The molecule has 5 saturated heterocycles. The maximum Gasteiger partial charge on any atom is 0.262 e. The van der Waals surface area contributed by atoms with Gasteiger partial charge in [-0.15, -0.1) is 0 Å². The SMILES string of the molecule is [C-]#[N+]c1ccc(N2CCC3(CCN(c4ccc(C(=O)N5CCN(CC6(C)CN(c7ccc8c(c7)C(=O)N(C7CCC(=O)NC7=O)C8=O)C6)CC5)cc4)CC3)C2)cc1Cl. The van der Waals surface area contributed by atoms with Crippen LogP contribution in [0.25, 0.3) is 4.85 Å². The zero-order chi connectivity index (χ0) is 40.3. The van der Waals surface area contributed by atoms with E-state index in [9.17, 15) is 24.0 Å². The summed E-state index contributed by atoms with van der Waals surface area (Å²) in [5, 5.41) is 2.75. The summed E-state index contributed by atoms with van der Waals surface area (Å²) >= 11 is 6.34. The Morgan fingerprint density at radius 1 is 0.776 bits per heavy atom. The third-order valence-corrected chi connectivity index (χ3v) is 13.7. The van der Waals surface area contributed by atoms with Crippen molar-refractivity contribution >= 4 is 63.9 Å². The molecule has 300 valence electrons. The highest BCUT2D eigenvalue weighted by Crippen LogP contribution is 2.44. The lowest BCUT2D eigenvalue weighted by molar-refractivity contribution is -0.136. The summed E-state index contributed by atoms with van der Waals surface area (Å²) in [5.41, 5.74) is 5.22. The van der Waals surface area contributed by atoms with Crippen LogP contribution < -0.4 is 20.0 Å². The Morgan fingerprint density at radius 2 is 1.41 bits per heavy atom. The van der Waals surface area contributed by atoms with E-state index in [1.165, 1.54) is 0 Å². The molecule has 1 atom stereocenters. The largest absolute Gasteiger partial charge is 0.371 e. The first-order chi connectivity index (χ1) is 27.9. The van der Waals surface area contributed by atoms with Gasteiger partial charge in [0.2, 0.25) is 17.5 Å². The van der Waals surface area contributed by atoms with Gasteiger partial charge in [0.05, 0.1) is 17.7 Å². The predicted octanol–water partition coefficient (Wildman–Crippen LogP) is 5.07. The summed E-state index contributed by atoms with van der Waals surface area (Å²) in [6.45, 7) is 18.9. The lowest BCUT2D eigenvalue weighted by atomic mass is 9.77. The van der Waals surface area contributed by atoms with Crippen LogP contribution in [0.15, 0.2) is 60.7 Å². The van der Waals surface area contributed by atoms with Crippen molar-refractivity contribution in [1.82, 2.24) is 20.0 Å². The lowest BCUT2D eigenvalue weighted by Crippen LogP contribution is -2.61. The van der Waals surface area contributed by atoms with E-state index in [1.807, 2.05) is 41.3 Å². The molecule has 1 spiro atoms. The minimum Gasteiger partial charge on any atom is -0.371 e. The van der Waals surface area contributed by atoms with Crippen molar-refractivity contribution in [1.29, 1.82) is 0 Å². The van der Waals surface area contributed by atoms with Gasteiger partial charge >= 0.3 is 0 Å². The summed E-state index contributed by atoms with van der Waals surface area (Å²) in [4.78, 5) is 80.0. The minimum absolute atomic E-state index is 0.0328. The van der Waals surface area contributed by atoms with Gasteiger partial charge in [-0.25, -0.2) is 4.85 Å². The van der Waals surface area contributed by atoms with Crippen LogP contribution in [0, 0.1) is 17.4 Å². The van der Waals surface area contributed by atoms with Crippen LogP contribution in [-0.2, 0) is 9.59 Å². The first-order valence-electron chi connectivity index (χ1n) is 20.3. The molecule has 6 aliphatic heterocycles. The Kier molecular flexibility index (Phi) is 9.68. The van der Waals surface area contributed by atoms with Crippen LogP contribution in [0.4, 0.5) is 22.7 Å². The normalized spacial score (nSPS) is 22.9. The second kappa shape index (κ2) is 14.7. The number of halogens is 1. The number of rotatable bonds is 7. The molecule has 1 unspecified atom stereocenters. The van der Waals surface area contributed by atoms with Crippen LogP contribution in [0.2, 0.25) is 5.02 Å². The summed E-state index contributed by atoms with van der Waals surface area (Å²) in [6, 6.07) is 18.2. The number of hydrogen-bond acceptors (Lipinski definition) is 9. The molecule has 6 heterocycles. The summed E-state index contributed by atoms with van der Waals surface area (Å²) < 4.78 is 0. The monoisotopic (exact) mass is 802 g/mol. The molecule has 5 fully saturated rings. The van der Waals surface area contributed by atoms with Crippen molar-refractivity contribution in [2.75, 3.05) is 86.7 Å². The maximum absolute atomic E-state index is 13.6. The van der Waals surface area contributed by atoms with E-state index < -0.39 is 29.7 Å². The Balaban J connectivity index is 0.729. The summed E-state index contributed by atoms with van der Waals surface area (Å²) in [6.07, 6.45) is 3.60. The van der Waals surface area contributed by atoms with E-state index in [-0.39, 0.29) is 35.1 Å². The van der Waals surface area contributed by atoms with Crippen molar-refractivity contribution in [2.24, 2.45) is 10.8 Å². The Bertz CT molecular complexity index is 2230. The van der Waals surface area contributed by atoms with Crippen molar-refractivity contribution in [3.63, 3.8) is 0 Å². The van der Waals surface area contributed by atoms with Gasteiger partial charge in [0.25, 0.3) is 17.7 Å². The molecular weight excluding hydrogens is 756 g/mol. The highest BCUT2D eigenvalue weighted by molar-refractivity contribution is 6.33. The molecule has 13 nitrogen and oxygen atoms in total. The van der Waals surface area contributed by atoms with Gasteiger partial charge in [0.15, 0.2) is 0 Å². The molecule has 9 rings (SSSR count). The van der Waals surface area contributed by atoms with E-state index in [4.69, 9.17) is 18.2 Å². The summed E-state index contributed by atoms with van der Waals surface area (Å²) in [7, 11) is 0. The molecule has 6 aliphatic rings. The number of benzene rings is 3. The topological polar surface area (TPSA) is 121 Å². The Hall–Kier alpha value is -5.45. The second-order valence-electron chi connectivity index (χ2n) is 17.4. The third kappa shape index (κ3) is 6.96. The van der Waals surface area contributed by atoms with Crippen molar-refractivity contribution in [3.8, 4) is 0 Å². The second-order valence-corrected chi connectivity index (χ2v) is 17.8. The quantitative estimate of drug-likeness (QED) is 0.258. The highest BCUT2D eigenvalue weighted by atomic mass is 35.5. The van der Waals surface area contributed by atoms with Crippen LogP contribution >= 0.6 is 11.6 Å². The fourth-order valence-electron chi connectivity index (χ4n) is 10.0. The number of imide groups is 2. The number of hydrogen-bond donors (Lipinski definition) is 1. The number of carbonyl (C=O) groups excluding carboxylic acids is 5. The highest BCUT2D eigenvalue weighted by Gasteiger charge is 2.46. The van der Waals surface area contributed by atoms with Crippen LogP contribution in [0.5, 0.6) is 0 Å². The smallest absolute Gasteiger partial charge is 0.262 e. The number of nitrogens with one attached hydrogen (secondary N) is 1. The zero-order valence-corrected chi connectivity index (χ0v) is 33.5. The van der Waals surface area contributed by atoms with E-state index in [1.54, 1.807) is 12.1 Å². The van der Waals surface area contributed by atoms with Gasteiger partial charge in [-0.1, -0.05) is 24.6 Å². The van der Waals surface area contributed by atoms with Gasteiger partial charge < -0.3 is 19.6 Å². The van der Waals surface area contributed by atoms with E-state index >= 15 is 0 Å². The molecule has 0 aliphatic carbocycles. The fourth-order valence-corrected chi connectivity index (χ4v) is 10.3. The number of fused-ring (bicyclic) bond motifs is 1. The van der Waals surface area contributed by atoms with Gasteiger partial charge in [-0.05, 0) is 85.7 Å². The van der Waals surface area contributed by atoms with Gasteiger partial charge in [-0.2, -0.15) is 0 Å². The Morgan fingerprint density at radius 3 is 2.09 bits per heavy atom. The van der Waals surface area contributed by atoms with Gasteiger partial charge in [0.1, 0.15) is 6.04 Å². The van der Waals surface area contributed by atoms with E-state index in [0.29, 0.717) is 29.4 Å². The van der Waals surface area contributed by atoms with E-state index in [0.717, 1.165) is 106 Å². The number of piperidine rings is 2. The third-order valence-electron chi connectivity index (χ3n) is 13.4. The van der Waals surface area contributed by atoms with E-state index in [2.05, 4.69) is 48.8 Å². The van der Waals surface area contributed by atoms with Gasteiger partial charge in [0, 0.05) is 111 Å². The zero-order valence-electron chi connectivity index (χ0n) is 32.7. The minimum atomic E-state index is -0.981. The predicted molar refractivity (Wildman–Crippen MR) is 221 cm³/mol. The molecule has 14 heteroatoms. The first kappa shape index (κ1) is 38.1. The average Bonchev–Trinajstić information content (AvgIpc) is 3.74. The molecule has 0 radical (unpaired) electrons. The first-order valence-corrected chi connectivity index (χ1v) is 20.7. The Labute approximate surface area is 343 Å². The molecule has 58 heavy (non-hydrogen) atoms. The van der Waals surface area contributed by atoms with Gasteiger partial charge in [-0.3, -0.25) is 39.1 Å². The van der Waals surface area contributed by atoms with Crippen molar-refractivity contribution in [3.05, 3.63) is 93.8 Å². The maximum atomic E-state index is 13.6. The number of carbonyl (C=O) groups is 5. The standard InChI is InChI=1S/C44H47ClN8O5/c1-43(26-52(27-43)31-7-9-33-34(23-31)42(58)53(41(33)57)37-11-12-38(54)47-39(37)55)25-48-19-21-50(22-20-48)40(56)29-3-5-30(6-4-29)49-16-13-44(14-17-49)15-18-51(28-44)32-8-10-36(46-2)35(45)24-32/h3-10,23-24,37H,11-22,25-28H2,1H3,(H,47,54,55). The molecule has 5 amide bonds. The molecule has 0 saturated carbocycles. The number of nitrogens with zero attached hydrogens (tertiary/aromatic N) is 7. The molecule has 0 bridgehead atoms. The summed E-state index contributed by atoms with van der Waals surface area (Å²) in [5.74, 6) is -1.93. The van der Waals surface area contributed by atoms with Crippen LogP contribution in [0.3, 0.4) is 0 Å². The van der Waals surface area contributed by atoms with Crippen LogP contribution in [-0.4, -0.2) is 122 Å². The van der Waals surface area contributed by atoms with Crippen molar-refractivity contribution in [2.45, 2.75) is 45.1 Å². The fraction of sp³-hybridized carbons (Fsp3) is 0.455. The molecule has 3 aromatic carbocycles.